The number of nitrogens with zero attached hydrogens (tertiary/aromatic N) is 1. The number of hydrogen-bond donors (Lipinski definition) is 0. The molecule has 4 heteroatoms. The molecule has 0 aromatic rings. The van der Waals surface area contributed by atoms with E-state index in [0.29, 0.717) is 6.54 Å². The molecule has 0 N–H and O–H groups in total. The van der Waals surface area contributed by atoms with Gasteiger partial charge in [-0.15, -0.1) is 0 Å². The van der Waals surface area contributed by atoms with Gasteiger partial charge in [-0.3, -0.25) is 4.90 Å². The molecule has 1 aliphatic heterocycles. The first-order valence-electron chi connectivity index (χ1n) is 6.73. The van der Waals surface area contributed by atoms with Crippen molar-refractivity contribution in [2.75, 3.05) is 32.8 Å². The fourth-order valence-electron chi connectivity index (χ4n) is 2.26. The number of hydrogen-bond acceptors (Lipinski definition) is 2. The third-order valence-corrected chi connectivity index (χ3v) is 3.38. The third-order valence-electron chi connectivity index (χ3n) is 3.38. The van der Waals surface area contributed by atoms with E-state index in [9.17, 15) is 8.78 Å². The lowest BCUT2D eigenvalue weighted by molar-refractivity contribution is 0.00729. The van der Waals surface area contributed by atoms with E-state index >= 15 is 0 Å². The first-order chi connectivity index (χ1) is 8.05. The van der Waals surface area contributed by atoms with E-state index < -0.39 is 5.92 Å². The summed E-state index contributed by atoms with van der Waals surface area (Å²) < 4.78 is 31.3. The molecule has 1 saturated carbocycles. The second-order valence-corrected chi connectivity index (χ2v) is 4.95. The summed E-state index contributed by atoms with van der Waals surface area (Å²) in [5, 5.41) is 0. The summed E-state index contributed by atoms with van der Waals surface area (Å²) in [4.78, 5) is 1.89. The lowest BCUT2D eigenvalue weighted by Crippen LogP contribution is -2.33. The molecule has 1 saturated heterocycles. The van der Waals surface area contributed by atoms with Crippen LogP contribution in [0.3, 0.4) is 0 Å². The largest absolute Gasteiger partial charge is 0.381 e. The van der Waals surface area contributed by atoms with Crippen LogP contribution in [0.2, 0.25) is 0 Å². The standard InChI is InChI=1S/C11H19F2NO.C2H6/c1-2-15-9-10(3-4-10)7-14-6-5-11(12,13)8-14;1-2/h2-9H2,1H3;1-2H3. The summed E-state index contributed by atoms with van der Waals surface area (Å²) in [7, 11) is 0. The molecule has 17 heavy (non-hydrogen) atoms. The van der Waals surface area contributed by atoms with Gasteiger partial charge < -0.3 is 4.74 Å². The highest BCUT2D eigenvalue weighted by atomic mass is 19.3. The maximum Gasteiger partial charge on any atom is 0.261 e. The van der Waals surface area contributed by atoms with Crippen molar-refractivity contribution in [3.63, 3.8) is 0 Å². The average Bonchev–Trinajstić information content (AvgIpc) is 2.98. The molecule has 0 atom stereocenters. The van der Waals surface area contributed by atoms with E-state index in [0.717, 1.165) is 32.6 Å². The maximum atomic E-state index is 13.0. The summed E-state index contributed by atoms with van der Waals surface area (Å²) in [5.41, 5.74) is 0.205. The Labute approximate surface area is 103 Å². The van der Waals surface area contributed by atoms with E-state index in [1.807, 2.05) is 25.7 Å². The molecule has 1 aliphatic carbocycles. The fraction of sp³-hybridized carbons (Fsp3) is 1.00. The van der Waals surface area contributed by atoms with Crippen LogP contribution in [0.5, 0.6) is 0 Å². The maximum absolute atomic E-state index is 13.0. The van der Waals surface area contributed by atoms with E-state index in [1.54, 1.807) is 0 Å². The van der Waals surface area contributed by atoms with Crippen molar-refractivity contribution in [1.82, 2.24) is 4.90 Å². The van der Waals surface area contributed by atoms with E-state index in [-0.39, 0.29) is 18.4 Å². The first-order valence-corrected chi connectivity index (χ1v) is 6.73. The minimum absolute atomic E-state index is 0.0255. The highest BCUT2D eigenvalue weighted by Gasteiger charge is 2.47. The zero-order chi connectivity index (χ0) is 12.9. The molecular weight excluding hydrogens is 224 g/mol. The number of ether oxygens (including phenoxy) is 1. The number of alkyl halides is 2. The topological polar surface area (TPSA) is 12.5 Å². The minimum atomic E-state index is -2.46. The lowest BCUT2D eigenvalue weighted by atomic mass is 10.1. The van der Waals surface area contributed by atoms with Crippen LogP contribution in [0, 0.1) is 5.41 Å². The number of rotatable bonds is 5. The molecule has 2 rings (SSSR count). The summed E-state index contributed by atoms with van der Waals surface area (Å²) in [6.07, 6.45) is 2.29. The molecule has 0 spiro atoms. The zero-order valence-electron chi connectivity index (χ0n) is 11.3. The smallest absolute Gasteiger partial charge is 0.261 e. The zero-order valence-corrected chi connectivity index (χ0v) is 11.3. The number of halogens is 2. The SMILES string of the molecule is CC.CCOCC1(CN2CCC(F)(F)C2)CC1. The van der Waals surface area contributed by atoms with Crippen LogP contribution in [0.1, 0.15) is 40.0 Å². The van der Waals surface area contributed by atoms with Crippen molar-refractivity contribution in [2.45, 2.75) is 46.0 Å². The van der Waals surface area contributed by atoms with Gasteiger partial charge in [-0.05, 0) is 19.8 Å². The average molecular weight is 249 g/mol. The molecule has 0 amide bonds. The van der Waals surface area contributed by atoms with Gasteiger partial charge in [-0.2, -0.15) is 0 Å². The normalized spacial score (nSPS) is 25.2. The van der Waals surface area contributed by atoms with Gasteiger partial charge in [0.1, 0.15) is 0 Å². The van der Waals surface area contributed by atoms with E-state index in [2.05, 4.69) is 0 Å². The first kappa shape index (κ1) is 14.8. The van der Waals surface area contributed by atoms with Crippen molar-refractivity contribution >= 4 is 0 Å². The Balaban J connectivity index is 0.000000686. The monoisotopic (exact) mass is 249 g/mol. The molecule has 2 aliphatic rings. The van der Waals surface area contributed by atoms with Gasteiger partial charge in [0.2, 0.25) is 0 Å². The van der Waals surface area contributed by atoms with Crippen molar-refractivity contribution in [1.29, 1.82) is 0 Å². The van der Waals surface area contributed by atoms with Gasteiger partial charge in [0.15, 0.2) is 0 Å². The van der Waals surface area contributed by atoms with E-state index in [1.165, 1.54) is 0 Å². The van der Waals surface area contributed by atoms with Crippen LogP contribution < -0.4 is 0 Å². The van der Waals surface area contributed by atoms with Crippen molar-refractivity contribution in [3.8, 4) is 0 Å². The van der Waals surface area contributed by atoms with Crippen LogP contribution in [-0.4, -0.2) is 43.7 Å². The Kier molecular flexibility index (Phi) is 5.32. The summed E-state index contributed by atoms with van der Waals surface area (Å²) >= 11 is 0. The molecule has 0 bridgehead atoms. The van der Waals surface area contributed by atoms with Gasteiger partial charge in [-0.25, -0.2) is 8.78 Å². The van der Waals surface area contributed by atoms with Gasteiger partial charge in [0.05, 0.1) is 13.2 Å². The Morgan fingerprint density at radius 3 is 2.24 bits per heavy atom. The predicted octanol–water partition coefficient (Wildman–Crippen LogP) is 3.17. The quantitative estimate of drug-likeness (QED) is 0.742. The Morgan fingerprint density at radius 1 is 1.18 bits per heavy atom. The highest BCUT2D eigenvalue weighted by molar-refractivity contribution is 4.97. The van der Waals surface area contributed by atoms with Crippen LogP contribution in [0.25, 0.3) is 0 Å². The molecule has 102 valence electrons. The Bertz CT molecular complexity index is 229. The summed E-state index contributed by atoms with van der Waals surface area (Å²) in [5.74, 6) is -2.46. The molecule has 0 radical (unpaired) electrons. The molecule has 0 aromatic heterocycles. The number of likely N-dealkylation sites (tertiary alicyclic amines) is 1. The Morgan fingerprint density at radius 2 is 1.82 bits per heavy atom. The van der Waals surface area contributed by atoms with Gasteiger partial charge in [0.25, 0.3) is 5.92 Å². The van der Waals surface area contributed by atoms with Crippen molar-refractivity contribution in [3.05, 3.63) is 0 Å². The summed E-state index contributed by atoms with van der Waals surface area (Å²) in [6, 6.07) is 0. The molecular formula is C13H25F2NO. The second-order valence-electron chi connectivity index (χ2n) is 4.95. The van der Waals surface area contributed by atoms with Crippen LogP contribution in [0.15, 0.2) is 0 Å². The third kappa shape index (κ3) is 4.51. The second kappa shape index (κ2) is 6.10. The van der Waals surface area contributed by atoms with Gasteiger partial charge in [0, 0.05) is 31.5 Å². The molecule has 1 heterocycles. The highest BCUT2D eigenvalue weighted by Crippen LogP contribution is 2.47. The lowest BCUT2D eigenvalue weighted by Gasteiger charge is -2.22. The van der Waals surface area contributed by atoms with Crippen LogP contribution in [0.4, 0.5) is 8.78 Å². The van der Waals surface area contributed by atoms with Crippen LogP contribution in [-0.2, 0) is 4.74 Å². The molecule has 0 aromatic carbocycles. The summed E-state index contributed by atoms with van der Waals surface area (Å²) in [6.45, 7) is 8.72. The van der Waals surface area contributed by atoms with E-state index in [4.69, 9.17) is 4.74 Å². The Hall–Kier alpha value is -0.220. The molecule has 0 unspecified atom stereocenters. The van der Waals surface area contributed by atoms with Crippen molar-refractivity contribution < 1.29 is 13.5 Å². The van der Waals surface area contributed by atoms with Gasteiger partial charge in [-0.1, -0.05) is 13.8 Å². The van der Waals surface area contributed by atoms with Gasteiger partial charge >= 0.3 is 0 Å². The molecule has 2 nitrogen and oxygen atoms in total. The van der Waals surface area contributed by atoms with Crippen molar-refractivity contribution in [2.24, 2.45) is 5.41 Å². The predicted molar refractivity (Wildman–Crippen MR) is 65.5 cm³/mol. The molecule has 2 fully saturated rings. The fourth-order valence-corrected chi connectivity index (χ4v) is 2.26. The minimum Gasteiger partial charge on any atom is -0.381 e. The van der Waals surface area contributed by atoms with Crippen LogP contribution >= 0.6 is 0 Å².